The van der Waals surface area contributed by atoms with E-state index in [0.29, 0.717) is 18.3 Å². The summed E-state index contributed by atoms with van der Waals surface area (Å²) in [5, 5.41) is 14.0. The second-order valence-corrected chi connectivity index (χ2v) is 4.76. The Balaban J connectivity index is 1.89. The zero-order chi connectivity index (χ0) is 13.0. The van der Waals surface area contributed by atoms with Crippen LogP contribution in [-0.2, 0) is 0 Å². The molecule has 1 saturated heterocycles. The maximum Gasteiger partial charge on any atom is 0.273 e. The number of nitrogens with zero attached hydrogens (tertiary/aromatic N) is 1. The highest BCUT2D eigenvalue weighted by Gasteiger charge is 2.14. The summed E-state index contributed by atoms with van der Waals surface area (Å²) in [7, 11) is 0. The molecule has 1 fully saturated rings. The maximum atomic E-state index is 10.7. The summed E-state index contributed by atoms with van der Waals surface area (Å²) in [4.78, 5) is 10.3. The predicted molar refractivity (Wildman–Crippen MR) is 68.9 cm³/mol. The van der Waals surface area contributed by atoms with Gasteiger partial charge in [0.05, 0.1) is 17.6 Å². The molecule has 18 heavy (non-hydrogen) atoms. The Kier molecular flexibility index (Phi) is 4.15. The van der Waals surface area contributed by atoms with Crippen LogP contribution in [0.1, 0.15) is 18.4 Å². The molecule has 0 aromatic heterocycles. The highest BCUT2D eigenvalue weighted by Crippen LogP contribution is 2.23. The zero-order valence-electron chi connectivity index (χ0n) is 10.5. The Morgan fingerprint density at radius 3 is 3.00 bits per heavy atom. The van der Waals surface area contributed by atoms with Crippen molar-refractivity contribution in [2.75, 3.05) is 19.7 Å². The van der Waals surface area contributed by atoms with Gasteiger partial charge in [0.2, 0.25) is 0 Å². The molecule has 5 nitrogen and oxygen atoms in total. The van der Waals surface area contributed by atoms with Crippen molar-refractivity contribution in [3.63, 3.8) is 0 Å². The summed E-state index contributed by atoms with van der Waals surface area (Å²) < 4.78 is 5.61. The monoisotopic (exact) mass is 250 g/mol. The second kappa shape index (κ2) is 5.82. The molecule has 1 aliphatic rings. The fraction of sp³-hybridized carbons (Fsp3) is 0.538. The first-order chi connectivity index (χ1) is 8.65. The summed E-state index contributed by atoms with van der Waals surface area (Å²) in [5.74, 6) is 1.26. The van der Waals surface area contributed by atoms with Crippen LogP contribution in [0.2, 0.25) is 0 Å². The van der Waals surface area contributed by atoms with Gasteiger partial charge in [0.1, 0.15) is 5.75 Å². The first-order valence-electron chi connectivity index (χ1n) is 6.25. The second-order valence-electron chi connectivity index (χ2n) is 4.76. The molecule has 5 heteroatoms. The lowest BCUT2D eigenvalue weighted by Crippen LogP contribution is -2.11. The van der Waals surface area contributed by atoms with Gasteiger partial charge in [-0.25, -0.2) is 0 Å². The van der Waals surface area contributed by atoms with Crippen molar-refractivity contribution in [3.05, 3.63) is 33.9 Å². The minimum atomic E-state index is -0.388. The molecule has 98 valence electrons. The highest BCUT2D eigenvalue weighted by molar-refractivity contribution is 5.42. The van der Waals surface area contributed by atoms with Gasteiger partial charge in [0, 0.05) is 6.07 Å². The van der Waals surface area contributed by atoms with Gasteiger partial charge < -0.3 is 10.1 Å². The Hall–Kier alpha value is -1.62. The van der Waals surface area contributed by atoms with Crippen LogP contribution in [0.3, 0.4) is 0 Å². The van der Waals surface area contributed by atoms with E-state index in [-0.39, 0.29) is 10.6 Å². The lowest BCUT2D eigenvalue weighted by molar-refractivity contribution is -0.385. The van der Waals surface area contributed by atoms with E-state index < -0.39 is 0 Å². The third-order valence-corrected chi connectivity index (χ3v) is 3.20. The third kappa shape index (κ3) is 3.43. The minimum Gasteiger partial charge on any atom is -0.493 e. The molecule has 2 rings (SSSR count). The number of aryl methyl sites for hydroxylation is 1. The number of hydrogen-bond donors (Lipinski definition) is 1. The average molecular weight is 250 g/mol. The molecular formula is C13H18N2O3. The first kappa shape index (κ1) is 12.8. The molecule has 1 unspecified atom stereocenters. The van der Waals surface area contributed by atoms with Crippen LogP contribution < -0.4 is 10.1 Å². The number of nitro groups is 1. The van der Waals surface area contributed by atoms with Crippen LogP contribution >= 0.6 is 0 Å². The van der Waals surface area contributed by atoms with Crippen LogP contribution in [-0.4, -0.2) is 24.6 Å². The summed E-state index contributed by atoms with van der Waals surface area (Å²) in [6.07, 6.45) is 2.19. The van der Waals surface area contributed by atoms with E-state index >= 15 is 0 Å². The lowest BCUT2D eigenvalue weighted by atomic mass is 10.1. The predicted octanol–water partition coefficient (Wildman–Crippen LogP) is 2.28. The average Bonchev–Trinajstić information content (AvgIpc) is 2.81. The topological polar surface area (TPSA) is 64.4 Å². The fourth-order valence-electron chi connectivity index (χ4n) is 2.22. The summed E-state index contributed by atoms with van der Waals surface area (Å²) >= 11 is 0. The largest absolute Gasteiger partial charge is 0.493 e. The third-order valence-electron chi connectivity index (χ3n) is 3.20. The van der Waals surface area contributed by atoms with E-state index in [1.807, 2.05) is 13.0 Å². The Labute approximate surface area is 106 Å². The van der Waals surface area contributed by atoms with Gasteiger partial charge in [0.25, 0.3) is 5.69 Å². The van der Waals surface area contributed by atoms with Crippen LogP contribution in [0.15, 0.2) is 18.2 Å². The van der Waals surface area contributed by atoms with Gasteiger partial charge in [0.15, 0.2) is 0 Å². The molecule has 1 aromatic rings. The number of non-ortho nitro benzene ring substituents is 1. The van der Waals surface area contributed by atoms with Crippen molar-refractivity contribution in [2.24, 2.45) is 5.92 Å². The van der Waals surface area contributed by atoms with Gasteiger partial charge >= 0.3 is 0 Å². The quantitative estimate of drug-likeness (QED) is 0.643. The van der Waals surface area contributed by atoms with Gasteiger partial charge in [-0.15, -0.1) is 0 Å². The maximum absolute atomic E-state index is 10.7. The summed E-state index contributed by atoms with van der Waals surface area (Å²) in [5.41, 5.74) is 0.939. The smallest absolute Gasteiger partial charge is 0.273 e. The summed E-state index contributed by atoms with van der Waals surface area (Å²) in [6, 6.07) is 4.87. The number of benzene rings is 1. The SMILES string of the molecule is Cc1cc(OCCC2CCNC2)cc([N+](=O)[O-])c1. The highest BCUT2D eigenvalue weighted by atomic mass is 16.6. The molecule has 1 atom stereocenters. The van der Waals surface area contributed by atoms with E-state index in [1.54, 1.807) is 6.07 Å². The molecule has 1 heterocycles. The molecule has 1 N–H and O–H groups in total. The Morgan fingerprint density at radius 1 is 1.50 bits per heavy atom. The van der Waals surface area contributed by atoms with Crippen LogP contribution in [0, 0.1) is 23.0 Å². The van der Waals surface area contributed by atoms with Gasteiger partial charge in [-0.05, 0) is 50.4 Å². The standard InChI is InChI=1S/C13H18N2O3/c1-10-6-12(15(16)17)8-13(7-10)18-5-3-11-2-4-14-9-11/h6-8,11,14H,2-5,9H2,1H3. The molecule has 1 aromatic carbocycles. The zero-order valence-corrected chi connectivity index (χ0v) is 10.5. The van der Waals surface area contributed by atoms with Gasteiger partial charge in [-0.3, -0.25) is 10.1 Å². The fourth-order valence-corrected chi connectivity index (χ4v) is 2.22. The van der Waals surface area contributed by atoms with Crippen molar-refractivity contribution in [3.8, 4) is 5.75 Å². The van der Waals surface area contributed by atoms with Crippen LogP contribution in [0.25, 0.3) is 0 Å². The van der Waals surface area contributed by atoms with E-state index in [1.165, 1.54) is 12.5 Å². The van der Waals surface area contributed by atoms with Crippen molar-refractivity contribution in [2.45, 2.75) is 19.8 Å². The number of nitrogens with one attached hydrogen (secondary N) is 1. The number of ether oxygens (including phenoxy) is 1. The number of rotatable bonds is 5. The van der Waals surface area contributed by atoms with Crippen LogP contribution in [0.4, 0.5) is 5.69 Å². The van der Waals surface area contributed by atoms with Gasteiger partial charge in [-0.1, -0.05) is 0 Å². The van der Waals surface area contributed by atoms with E-state index in [9.17, 15) is 10.1 Å². The van der Waals surface area contributed by atoms with Crippen molar-refractivity contribution in [1.82, 2.24) is 5.32 Å². The molecule has 0 spiro atoms. The van der Waals surface area contributed by atoms with Crippen LogP contribution in [0.5, 0.6) is 5.75 Å². The molecule has 1 aliphatic heterocycles. The van der Waals surface area contributed by atoms with Crippen molar-refractivity contribution in [1.29, 1.82) is 0 Å². The van der Waals surface area contributed by atoms with E-state index in [4.69, 9.17) is 4.74 Å². The normalized spacial score (nSPS) is 18.8. The first-order valence-corrected chi connectivity index (χ1v) is 6.25. The Bertz CT molecular complexity index is 428. The van der Waals surface area contributed by atoms with E-state index in [0.717, 1.165) is 25.1 Å². The molecule has 0 amide bonds. The molecule has 0 radical (unpaired) electrons. The van der Waals surface area contributed by atoms with Crippen molar-refractivity contribution >= 4 is 5.69 Å². The molecule has 0 saturated carbocycles. The van der Waals surface area contributed by atoms with Gasteiger partial charge in [-0.2, -0.15) is 0 Å². The minimum absolute atomic E-state index is 0.0903. The molecule has 0 bridgehead atoms. The Morgan fingerprint density at radius 2 is 2.33 bits per heavy atom. The number of hydrogen-bond acceptors (Lipinski definition) is 4. The van der Waals surface area contributed by atoms with E-state index in [2.05, 4.69) is 5.32 Å². The lowest BCUT2D eigenvalue weighted by Gasteiger charge is -2.10. The molecular weight excluding hydrogens is 232 g/mol. The summed E-state index contributed by atoms with van der Waals surface area (Å²) in [6.45, 7) is 4.59. The molecule has 0 aliphatic carbocycles. The van der Waals surface area contributed by atoms with Crippen molar-refractivity contribution < 1.29 is 9.66 Å². The number of nitro benzene ring substituents is 1.